The molecule has 0 fully saturated rings. The van der Waals surface area contributed by atoms with Gasteiger partial charge < -0.3 is 10.1 Å². The van der Waals surface area contributed by atoms with Gasteiger partial charge in [-0.15, -0.1) is 0 Å². The maximum atomic E-state index is 12.6. The number of benzene rings is 1. The van der Waals surface area contributed by atoms with Crippen LogP contribution in [0.25, 0.3) is 27.9 Å². The molecule has 0 unspecified atom stereocenters. The molecule has 3 aromatic heterocycles. The van der Waals surface area contributed by atoms with Crippen molar-refractivity contribution < 1.29 is 18.3 Å². The molecule has 178 valence electrons. The number of alkyl carbamates (subject to hydrolysis) is 1. The highest BCUT2D eigenvalue weighted by molar-refractivity contribution is 5.81. The summed E-state index contributed by atoms with van der Waals surface area (Å²) in [4.78, 5) is 16.4. The zero-order valence-corrected chi connectivity index (χ0v) is 19.4. The van der Waals surface area contributed by atoms with Crippen LogP contribution in [0.3, 0.4) is 0 Å². The SMILES string of the molecule is Cc1cc(-c2ncnn3cc(-c4cnn(CC(F)F)c4)cc23)ccc1CNC(=O)OC(C)(C)C. The molecule has 1 N–H and O–H groups in total. The average Bonchev–Trinajstić information content (AvgIpc) is 3.37. The third-order valence-electron chi connectivity index (χ3n) is 5.14. The van der Waals surface area contributed by atoms with Crippen molar-refractivity contribution >= 4 is 11.6 Å². The van der Waals surface area contributed by atoms with E-state index in [1.165, 1.54) is 11.0 Å². The van der Waals surface area contributed by atoms with E-state index in [2.05, 4.69) is 20.5 Å². The van der Waals surface area contributed by atoms with Crippen LogP contribution in [0.4, 0.5) is 13.6 Å². The molecule has 0 aliphatic carbocycles. The minimum atomic E-state index is -2.47. The van der Waals surface area contributed by atoms with Crippen LogP contribution in [-0.4, -0.2) is 42.5 Å². The van der Waals surface area contributed by atoms with Crippen molar-refractivity contribution in [1.29, 1.82) is 0 Å². The number of hydrogen-bond donors (Lipinski definition) is 1. The number of carbonyl (C=O) groups is 1. The second-order valence-electron chi connectivity index (χ2n) is 9.01. The van der Waals surface area contributed by atoms with E-state index in [1.807, 2.05) is 58.2 Å². The molecule has 8 nitrogen and oxygen atoms in total. The van der Waals surface area contributed by atoms with Gasteiger partial charge in [0.05, 0.1) is 17.4 Å². The summed E-state index contributed by atoms with van der Waals surface area (Å²) in [6.07, 6.45) is 3.50. The molecule has 3 heterocycles. The Hall–Kier alpha value is -3.82. The quantitative estimate of drug-likeness (QED) is 0.437. The van der Waals surface area contributed by atoms with Gasteiger partial charge in [-0.25, -0.2) is 23.1 Å². The predicted molar refractivity (Wildman–Crippen MR) is 123 cm³/mol. The van der Waals surface area contributed by atoms with Crippen LogP contribution >= 0.6 is 0 Å². The third-order valence-corrected chi connectivity index (χ3v) is 5.14. The summed E-state index contributed by atoms with van der Waals surface area (Å²) < 4.78 is 33.5. The largest absolute Gasteiger partial charge is 0.444 e. The summed E-state index contributed by atoms with van der Waals surface area (Å²) in [5.41, 5.74) is 5.32. The first kappa shape index (κ1) is 23.3. The molecule has 0 saturated heterocycles. The number of rotatable bonds is 6. The summed E-state index contributed by atoms with van der Waals surface area (Å²) in [6, 6.07) is 7.79. The maximum absolute atomic E-state index is 12.6. The predicted octanol–water partition coefficient (Wildman–Crippen LogP) is 4.86. The van der Waals surface area contributed by atoms with Gasteiger partial charge in [0.2, 0.25) is 0 Å². The number of aryl methyl sites for hydroxylation is 1. The standard InChI is InChI=1S/C24H26F2N6O2/c1-15-7-16(5-6-17(15)9-27-23(33)34-24(2,3)4)22-20-8-18(12-32(20)30-14-28-22)19-10-29-31(11-19)13-21(25)26/h5-8,10-12,14,21H,9,13H2,1-4H3,(H,27,33). The van der Waals surface area contributed by atoms with Gasteiger partial charge in [-0.1, -0.05) is 12.1 Å². The zero-order chi connectivity index (χ0) is 24.5. The van der Waals surface area contributed by atoms with Gasteiger partial charge in [-0.3, -0.25) is 4.68 Å². The first-order valence-electron chi connectivity index (χ1n) is 10.8. The number of nitrogens with zero attached hydrogens (tertiary/aromatic N) is 5. The lowest BCUT2D eigenvalue weighted by Gasteiger charge is -2.20. The van der Waals surface area contributed by atoms with Crippen molar-refractivity contribution in [2.45, 2.75) is 52.8 Å². The molecule has 0 atom stereocenters. The van der Waals surface area contributed by atoms with E-state index in [4.69, 9.17) is 4.74 Å². The lowest BCUT2D eigenvalue weighted by Crippen LogP contribution is -2.32. The number of amides is 1. The second-order valence-corrected chi connectivity index (χ2v) is 9.01. The summed E-state index contributed by atoms with van der Waals surface area (Å²) in [6.45, 7) is 7.31. The first-order chi connectivity index (χ1) is 16.1. The average molecular weight is 469 g/mol. The fourth-order valence-electron chi connectivity index (χ4n) is 3.59. The molecule has 1 amide bonds. The van der Waals surface area contributed by atoms with Crippen molar-refractivity contribution in [3.8, 4) is 22.4 Å². The molecule has 0 saturated carbocycles. The number of ether oxygens (including phenoxy) is 1. The molecular formula is C24H26F2N6O2. The molecule has 4 aromatic rings. The molecule has 0 spiro atoms. The van der Waals surface area contributed by atoms with Gasteiger partial charge in [0.15, 0.2) is 0 Å². The molecule has 34 heavy (non-hydrogen) atoms. The smallest absolute Gasteiger partial charge is 0.407 e. The van der Waals surface area contributed by atoms with Gasteiger partial charge in [-0.05, 0) is 51.0 Å². The molecular weight excluding hydrogens is 442 g/mol. The number of halogens is 2. The second kappa shape index (κ2) is 9.20. The van der Waals surface area contributed by atoms with Crippen LogP contribution in [0, 0.1) is 6.92 Å². The highest BCUT2D eigenvalue weighted by atomic mass is 19.3. The number of carbonyl (C=O) groups excluding carboxylic acids is 1. The van der Waals surface area contributed by atoms with Crippen LogP contribution in [0.2, 0.25) is 0 Å². The molecule has 4 rings (SSSR count). The number of hydrogen-bond acceptors (Lipinski definition) is 5. The molecule has 0 bridgehead atoms. The first-order valence-corrected chi connectivity index (χ1v) is 10.8. The number of nitrogens with one attached hydrogen (secondary N) is 1. The highest BCUT2D eigenvalue weighted by Crippen LogP contribution is 2.29. The maximum Gasteiger partial charge on any atom is 0.407 e. The Labute approximate surface area is 195 Å². The summed E-state index contributed by atoms with van der Waals surface area (Å²) in [5.74, 6) is 0. The van der Waals surface area contributed by atoms with Gasteiger partial charge in [-0.2, -0.15) is 10.2 Å². The third kappa shape index (κ3) is 5.38. The Balaban J connectivity index is 1.57. The van der Waals surface area contributed by atoms with Crippen LogP contribution in [0.5, 0.6) is 0 Å². The monoisotopic (exact) mass is 468 g/mol. The van der Waals surface area contributed by atoms with Gasteiger partial charge >= 0.3 is 6.09 Å². The molecule has 10 heteroatoms. The minimum Gasteiger partial charge on any atom is -0.444 e. The zero-order valence-electron chi connectivity index (χ0n) is 19.4. The van der Waals surface area contributed by atoms with E-state index in [9.17, 15) is 13.6 Å². The van der Waals surface area contributed by atoms with E-state index < -0.39 is 24.7 Å². The van der Waals surface area contributed by atoms with Crippen LogP contribution in [-0.2, 0) is 17.8 Å². The van der Waals surface area contributed by atoms with E-state index in [0.717, 1.165) is 39.0 Å². The molecule has 0 aliphatic rings. The molecule has 0 radical (unpaired) electrons. The van der Waals surface area contributed by atoms with Gasteiger partial charge in [0.25, 0.3) is 6.43 Å². The Bertz CT molecular complexity index is 1320. The Morgan fingerprint density at radius 2 is 1.91 bits per heavy atom. The summed E-state index contributed by atoms with van der Waals surface area (Å²) in [7, 11) is 0. The fraction of sp³-hybridized carbons (Fsp3) is 0.333. The van der Waals surface area contributed by atoms with Gasteiger partial charge in [0.1, 0.15) is 18.5 Å². The van der Waals surface area contributed by atoms with E-state index >= 15 is 0 Å². The van der Waals surface area contributed by atoms with E-state index in [1.54, 1.807) is 16.9 Å². The van der Waals surface area contributed by atoms with Crippen LogP contribution in [0.1, 0.15) is 31.9 Å². The topological polar surface area (TPSA) is 86.3 Å². The summed E-state index contributed by atoms with van der Waals surface area (Å²) >= 11 is 0. The Morgan fingerprint density at radius 1 is 1.12 bits per heavy atom. The molecule has 1 aromatic carbocycles. The van der Waals surface area contributed by atoms with E-state index in [-0.39, 0.29) is 0 Å². The normalized spacial score (nSPS) is 11.9. The summed E-state index contributed by atoms with van der Waals surface area (Å²) in [5, 5.41) is 11.1. The Kier molecular flexibility index (Phi) is 6.32. The van der Waals surface area contributed by atoms with Crippen molar-refractivity contribution in [2.75, 3.05) is 0 Å². The fourth-order valence-corrected chi connectivity index (χ4v) is 3.59. The van der Waals surface area contributed by atoms with Crippen molar-refractivity contribution in [2.24, 2.45) is 0 Å². The van der Waals surface area contributed by atoms with Crippen molar-refractivity contribution in [3.63, 3.8) is 0 Å². The Morgan fingerprint density at radius 3 is 2.62 bits per heavy atom. The van der Waals surface area contributed by atoms with Crippen molar-refractivity contribution in [3.05, 3.63) is 60.3 Å². The van der Waals surface area contributed by atoms with Crippen LogP contribution < -0.4 is 5.32 Å². The lowest BCUT2D eigenvalue weighted by atomic mass is 10.0. The van der Waals surface area contributed by atoms with Crippen LogP contribution in [0.15, 0.2) is 49.2 Å². The number of fused-ring (bicyclic) bond motifs is 1. The highest BCUT2D eigenvalue weighted by Gasteiger charge is 2.17. The molecule has 0 aliphatic heterocycles. The number of alkyl halides is 2. The van der Waals surface area contributed by atoms with Gasteiger partial charge in [0, 0.05) is 35.6 Å². The van der Waals surface area contributed by atoms with E-state index in [0.29, 0.717) is 6.54 Å². The van der Waals surface area contributed by atoms with Crippen molar-refractivity contribution in [1.82, 2.24) is 29.7 Å². The lowest BCUT2D eigenvalue weighted by molar-refractivity contribution is 0.0523. The minimum absolute atomic E-state index is 0.345. The number of aromatic nitrogens is 5.